The predicted molar refractivity (Wildman–Crippen MR) is 66.9 cm³/mol. The van der Waals surface area contributed by atoms with Gasteiger partial charge in [0.2, 0.25) is 0 Å². The first-order chi connectivity index (χ1) is 8.56. The van der Waals surface area contributed by atoms with Gasteiger partial charge in [0.15, 0.2) is 6.23 Å². The third kappa shape index (κ3) is 2.05. The molecule has 0 saturated carbocycles. The standard InChI is InChI=1S/C12H17N3O3/c1-15-10-5-3-2-4-7(10)8(11(15)18-14)6-9(13)12(16)17/h2-5,8-9,11H,6,13-14H2,1H3,(H,16,17). The molecule has 1 aromatic carbocycles. The highest BCUT2D eigenvalue weighted by atomic mass is 16.6. The summed E-state index contributed by atoms with van der Waals surface area (Å²) in [6.45, 7) is 0. The largest absolute Gasteiger partial charge is 0.480 e. The molecule has 2 rings (SSSR count). The van der Waals surface area contributed by atoms with Gasteiger partial charge >= 0.3 is 5.97 Å². The molecule has 98 valence electrons. The van der Waals surface area contributed by atoms with Crippen molar-refractivity contribution in [3.8, 4) is 0 Å². The van der Waals surface area contributed by atoms with E-state index in [0.717, 1.165) is 11.3 Å². The lowest BCUT2D eigenvalue weighted by Gasteiger charge is -2.25. The SMILES string of the molecule is CN1c2ccccc2C(CC(N)C(=O)O)C1ON. The highest BCUT2D eigenvalue weighted by Gasteiger charge is 2.38. The maximum Gasteiger partial charge on any atom is 0.320 e. The van der Waals surface area contributed by atoms with Crippen molar-refractivity contribution < 1.29 is 14.7 Å². The number of hydrogen-bond acceptors (Lipinski definition) is 5. The summed E-state index contributed by atoms with van der Waals surface area (Å²) in [6, 6.07) is 6.80. The molecule has 1 aromatic rings. The van der Waals surface area contributed by atoms with Gasteiger partial charge in [0.25, 0.3) is 0 Å². The zero-order valence-corrected chi connectivity index (χ0v) is 10.1. The summed E-state index contributed by atoms with van der Waals surface area (Å²) in [5, 5.41) is 8.90. The molecule has 0 aromatic heterocycles. The normalized spacial score (nSPS) is 23.8. The molecule has 6 heteroatoms. The fraction of sp³-hybridized carbons (Fsp3) is 0.417. The van der Waals surface area contributed by atoms with Crippen LogP contribution in [-0.2, 0) is 9.63 Å². The van der Waals surface area contributed by atoms with Crippen LogP contribution in [0.4, 0.5) is 5.69 Å². The molecule has 0 radical (unpaired) electrons. The molecule has 6 nitrogen and oxygen atoms in total. The molecule has 18 heavy (non-hydrogen) atoms. The molecular formula is C12H17N3O3. The van der Waals surface area contributed by atoms with Gasteiger partial charge in [-0.1, -0.05) is 18.2 Å². The number of likely N-dealkylation sites (N-methyl/N-ethyl adjacent to an activating group) is 1. The van der Waals surface area contributed by atoms with Crippen molar-refractivity contribution in [1.82, 2.24) is 0 Å². The number of nitrogens with zero attached hydrogens (tertiary/aromatic N) is 1. The molecule has 5 N–H and O–H groups in total. The number of carboxylic acids is 1. The Bertz CT molecular complexity index is 452. The molecule has 0 saturated heterocycles. The van der Waals surface area contributed by atoms with Crippen molar-refractivity contribution in [3.63, 3.8) is 0 Å². The number of carbonyl (C=O) groups is 1. The van der Waals surface area contributed by atoms with Crippen LogP contribution < -0.4 is 16.5 Å². The maximum absolute atomic E-state index is 10.9. The van der Waals surface area contributed by atoms with E-state index in [1.165, 1.54) is 0 Å². The first-order valence-corrected chi connectivity index (χ1v) is 5.72. The summed E-state index contributed by atoms with van der Waals surface area (Å²) in [5.74, 6) is 4.16. The number of carboxylic acid groups (broad SMARTS) is 1. The summed E-state index contributed by atoms with van der Waals surface area (Å²) >= 11 is 0. The van der Waals surface area contributed by atoms with E-state index < -0.39 is 12.0 Å². The molecular weight excluding hydrogens is 234 g/mol. The van der Waals surface area contributed by atoms with Crippen LogP contribution in [0.2, 0.25) is 0 Å². The molecule has 1 heterocycles. The van der Waals surface area contributed by atoms with Gasteiger partial charge in [-0.05, 0) is 18.1 Å². The first-order valence-electron chi connectivity index (χ1n) is 5.72. The maximum atomic E-state index is 10.9. The van der Waals surface area contributed by atoms with Crippen molar-refractivity contribution in [1.29, 1.82) is 0 Å². The van der Waals surface area contributed by atoms with E-state index >= 15 is 0 Å². The lowest BCUT2D eigenvalue weighted by atomic mass is 9.93. The predicted octanol–water partition coefficient (Wildman–Crippen LogP) is 0.238. The first kappa shape index (κ1) is 12.8. The van der Waals surface area contributed by atoms with Gasteiger partial charge in [0.05, 0.1) is 0 Å². The van der Waals surface area contributed by atoms with Crippen LogP contribution in [0.15, 0.2) is 24.3 Å². The molecule has 0 bridgehead atoms. The molecule has 1 aliphatic heterocycles. The van der Waals surface area contributed by atoms with Crippen molar-refractivity contribution in [2.24, 2.45) is 11.6 Å². The summed E-state index contributed by atoms with van der Waals surface area (Å²) in [6.07, 6.45) is -0.0914. The minimum atomic E-state index is -1.02. The third-order valence-electron chi connectivity index (χ3n) is 3.41. The Morgan fingerprint density at radius 2 is 2.22 bits per heavy atom. The van der Waals surface area contributed by atoms with Crippen molar-refractivity contribution >= 4 is 11.7 Å². The van der Waals surface area contributed by atoms with Gasteiger partial charge in [0, 0.05) is 18.7 Å². The van der Waals surface area contributed by atoms with E-state index in [2.05, 4.69) is 0 Å². The fourth-order valence-electron chi connectivity index (χ4n) is 2.49. The zero-order valence-electron chi connectivity index (χ0n) is 10.1. The summed E-state index contributed by atoms with van der Waals surface area (Å²) in [5.41, 5.74) is 7.62. The number of fused-ring (bicyclic) bond motifs is 1. The monoisotopic (exact) mass is 251 g/mol. The third-order valence-corrected chi connectivity index (χ3v) is 3.41. The highest BCUT2D eigenvalue weighted by molar-refractivity contribution is 5.73. The molecule has 0 aliphatic carbocycles. The Morgan fingerprint density at radius 3 is 2.83 bits per heavy atom. The number of nitrogens with two attached hydrogens (primary N) is 2. The van der Waals surface area contributed by atoms with Crippen LogP contribution >= 0.6 is 0 Å². The van der Waals surface area contributed by atoms with Crippen LogP contribution in [0.1, 0.15) is 17.9 Å². The van der Waals surface area contributed by atoms with Gasteiger partial charge in [-0.3, -0.25) is 9.63 Å². The van der Waals surface area contributed by atoms with Gasteiger partial charge in [-0.25, -0.2) is 5.90 Å². The van der Waals surface area contributed by atoms with E-state index in [1.54, 1.807) is 0 Å². The van der Waals surface area contributed by atoms with Crippen LogP contribution in [0, 0.1) is 0 Å². The molecule has 0 spiro atoms. The van der Waals surface area contributed by atoms with Gasteiger partial charge < -0.3 is 15.7 Å². The van der Waals surface area contributed by atoms with E-state index in [1.807, 2.05) is 36.2 Å². The topological polar surface area (TPSA) is 102 Å². The molecule has 3 unspecified atom stereocenters. The van der Waals surface area contributed by atoms with E-state index in [-0.39, 0.29) is 12.1 Å². The van der Waals surface area contributed by atoms with Crippen LogP contribution in [0.3, 0.4) is 0 Å². The Balaban J connectivity index is 2.30. The quantitative estimate of drug-likeness (QED) is 0.662. The zero-order chi connectivity index (χ0) is 13.3. The lowest BCUT2D eigenvalue weighted by molar-refractivity contribution is -0.139. The summed E-state index contributed by atoms with van der Waals surface area (Å²) in [4.78, 5) is 17.7. The average Bonchev–Trinajstić information content (AvgIpc) is 2.63. The number of hydrogen-bond donors (Lipinski definition) is 3. The van der Waals surface area contributed by atoms with Crippen molar-refractivity contribution in [2.45, 2.75) is 24.6 Å². The minimum absolute atomic E-state index is 0.137. The number of anilines is 1. The average molecular weight is 251 g/mol. The number of rotatable bonds is 4. The van der Waals surface area contributed by atoms with Gasteiger partial charge in [-0.15, -0.1) is 0 Å². The lowest BCUT2D eigenvalue weighted by Crippen LogP contribution is -2.39. The van der Waals surface area contributed by atoms with Crippen molar-refractivity contribution in [2.75, 3.05) is 11.9 Å². The van der Waals surface area contributed by atoms with Crippen LogP contribution in [0.25, 0.3) is 0 Å². The second kappa shape index (κ2) is 4.93. The second-order valence-corrected chi connectivity index (χ2v) is 4.48. The summed E-state index contributed by atoms with van der Waals surface area (Å²) in [7, 11) is 1.86. The van der Waals surface area contributed by atoms with E-state index in [4.69, 9.17) is 21.6 Å². The van der Waals surface area contributed by atoms with Crippen LogP contribution in [0.5, 0.6) is 0 Å². The van der Waals surface area contributed by atoms with Gasteiger partial charge in [0.1, 0.15) is 6.04 Å². The second-order valence-electron chi connectivity index (χ2n) is 4.48. The number of benzene rings is 1. The smallest absolute Gasteiger partial charge is 0.320 e. The van der Waals surface area contributed by atoms with E-state index in [0.29, 0.717) is 6.42 Å². The Kier molecular flexibility index (Phi) is 3.51. The molecule has 3 atom stereocenters. The summed E-state index contributed by atoms with van der Waals surface area (Å²) < 4.78 is 0. The van der Waals surface area contributed by atoms with Crippen molar-refractivity contribution in [3.05, 3.63) is 29.8 Å². The Hall–Kier alpha value is -1.63. The Labute approximate surface area is 105 Å². The van der Waals surface area contributed by atoms with Crippen LogP contribution in [-0.4, -0.2) is 30.4 Å². The number of para-hydroxylation sites is 1. The minimum Gasteiger partial charge on any atom is -0.480 e. The van der Waals surface area contributed by atoms with E-state index in [9.17, 15) is 4.79 Å². The Morgan fingerprint density at radius 1 is 1.56 bits per heavy atom. The van der Waals surface area contributed by atoms with Gasteiger partial charge in [-0.2, -0.15) is 0 Å². The fourth-order valence-corrected chi connectivity index (χ4v) is 2.49. The molecule has 0 fully saturated rings. The number of aliphatic carboxylic acids is 1. The molecule has 0 amide bonds. The molecule has 1 aliphatic rings. The highest BCUT2D eigenvalue weighted by Crippen LogP contribution is 2.42.